The van der Waals surface area contributed by atoms with E-state index in [0.717, 1.165) is 20.1 Å². The molecule has 0 aliphatic heterocycles. The number of hydrogen-bond donors (Lipinski definition) is 0. The Bertz CT molecular complexity index is 637. The lowest BCUT2D eigenvalue weighted by Crippen LogP contribution is -1.99. The predicted octanol–water partition coefficient (Wildman–Crippen LogP) is 6.30. The van der Waals surface area contributed by atoms with E-state index in [1.54, 1.807) is 18.3 Å². The fraction of sp³-hybridized carbons (Fsp3) is 0.235. The van der Waals surface area contributed by atoms with E-state index in [1.165, 1.54) is 11.0 Å². The number of esters is 1. The summed E-state index contributed by atoms with van der Waals surface area (Å²) >= 11 is 8.68. The van der Waals surface area contributed by atoms with Crippen molar-refractivity contribution in [1.82, 2.24) is 0 Å². The van der Waals surface area contributed by atoms with Gasteiger partial charge < -0.3 is 4.74 Å². The van der Waals surface area contributed by atoms with Crippen LogP contribution in [0.2, 0.25) is 0 Å². The molecular formula is C17H18Br2O2S. The predicted molar refractivity (Wildman–Crippen MR) is 102 cm³/mol. The number of carbonyl (C=O) groups excluding carboxylic acids is 1. The molecule has 1 rings (SSSR count). The Hall–Kier alpha value is -0.910. The first kappa shape index (κ1) is 19.1. The maximum absolute atomic E-state index is 11.3. The van der Waals surface area contributed by atoms with E-state index in [0.29, 0.717) is 6.61 Å². The third-order valence-corrected chi connectivity index (χ3v) is 6.09. The Morgan fingerprint density at radius 2 is 2.00 bits per heavy atom. The van der Waals surface area contributed by atoms with Crippen molar-refractivity contribution >= 4 is 55.2 Å². The molecular weight excluding hydrogens is 428 g/mol. The molecule has 0 N–H and O–H groups in total. The minimum atomic E-state index is -0.307. The van der Waals surface area contributed by atoms with Crippen molar-refractivity contribution in [3.63, 3.8) is 0 Å². The summed E-state index contributed by atoms with van der Waals surface area (Å²) in [6.45, 7) is 6.08. The highest BCUT2D eigenvalue weighted by Gasteiger charge is 2.02. The van der Waals surface area contributed by atoms with Crippen LogP contribution in [-0.4, -0.2) is 12.6 Å². The fourth-order valence-corrected chi connectivity index (χ4v) is 3.49. The van der Waals surface area contributed by atoms with Gasteiger partial charge in [0.05, 0.1) is 6.61 Å². The molecule has 0 saturated carbocycles. The van der Waals surface area contributed by atoms with E-state index in [-0.39, 0.29) is 5.97 Å². The highest BCUT2D eigenvalue weighted by Crippen LogP contribution is 2.33. The number of carbonyl (C=O) groups is 1. The van der Waals surface area contributed by atoms with Crippen LogP contribution < -0.4 is 0 Å². The van der Waals surface area contributed by atoms with Crippen LogP contribution in [0.4, 0.5) is 0 Å². The van der Waals surface area contributed by atoms with E-state index in [1.807, 2.05) is 37.5 Å². The topological polar surface area (TPSA) is 26.3 Å². The molecule has 0 radical (unpaired) electrons. The van der Waals surface area contributed by atoms with Gasteiger partial charge in [0.2, 0.25) is 0 Å². The molecule has 0 fully saturated rings. The molecule has 0 aromatic carbocycles. The summed E-state index contributed by atoms with van der Waals surface area (Å²) in [7, 11) is 0. The molecule has 0 aliphatic rings. The normalized spacial score (nSPS) is 13.3. The van der Waals surface area contributed by atoms with E-state index < -0.39 is 0 Å². The van der Waals surface area contributed by atoms with Gasteiger partial charge in [-0.05, 0) is 64.3 Å². The van der Waals surface area contributed by atoms with Crippen molar-refractivity contribution in [2.24, 2.45) is 0 Å². The quantitative estimate of drug-likeness (QED) is 0.291. The molecule has 0 atom stereocenters. The van der Waals surface area contributed by atoms with E-state index >= 15 is 0 Å². The van der Waals surface area contributed by atoms with Gasteiger partial charge in [0.25, 0.3) is 0 Å². The molecule has 22 heavy (non-hydrogen) atoms. The maximum atomic E-state index is 11.3. The first-order valence-electron chi connectivity index (χ1n) is 6.74. The standard InChI is InChI=1S/C17H18Br2O2S/c1-4-21-16(20)10-13(3)7-5-6-12(2)8-9-15-17(19)14(18)11-22-15/h5-11H,4H2,1-3H3/b7-5?,9-8?,12-6?,13-10+. The van der Waals surface area contributed by atoms with Crippen LogP contribution in [0, 0.1) is 0 Å². The minimum Gasteiger partial charge on any atom is -0.463 e. The SMILES string of the molecule is CCOC(=O)/C=C(\C)C=CC=C(C)C=Cc1scc(Br)c1Br. The maximum Gasteiger partial charge on any atom is 0.330 e. The Morgan fingerprint density at radius 3 is 2.59 bits per heavy atom. The lowest BCUT2D eigenvalue weighted by atomic mass is 10.2. The van der Waals surface area contributed by atoms with Gasteiger partial charge in [-0.2, -0.15) is 0 Å². The lowest BCUT2D eigenvalue weighted by Gasteiger charge is -1.96. The van der Waals surface area contributed by atoms with Gasteiger partial charge >= 0.3 is 5.97 Å². The fourth-order valence-electron chi connectivity index (χ4n) is 1.48. The monoisotopic (exact) mass is 444 g/mol. The second kappa shape index (κ2) is 9.98. The molecule has 2 nitrogen and oxygen atoms in total. The summed E-state index contributed by atoms with van der Waals surface area (Å²) in [5, 5.41) is 2.05. The van der Waals surface area contributed by atoms with Gasteiger partial charge in [0.1, 0.15) is 0 Å². The van der Waals surface area contributed by atoms with Gasteiger partial charge in [-0.3, -0.25) is 0 Å². The van der Waals surface area contributed by atoms with Gasteiger partial charge in [-0.1, -0.05) is 29.9 Å². The Morgan fingerprint density at radius 1 is 1.27 bits per heavy atom. The summed E-state index contributed by atoms with van der Waals surface area (Å²) in [5.74, 6) is -0.307. The van der Waals surface area contributed by atoms with Crippen molar-refractivity contribution in [2.75, 3.05) is 6.61 Å². The summed E-state index contributed by atoms with van der Waals surface area (Å²) in [4.78, 5) is 12.4. The van der Waals surface area contributed by atoms with Crippen LogP contribution in [0.3, 0.4) is 0 Å². The van der Waals surface area contributed by atoms with Crippen molar-refractivity contribution in [2.45, 2.75) is 20.8 Å². The van der Waals surface area contributed by atoms with Gasteiger partial charge in [0.15, 0.2) is 0 Å². The summed E-state index contributed by atoms with van der Waals surface area (Å²) in [5.41, 5.74) is 1.98. The zero-order valence-electron chi connectivity index (χ0n) is 12.7. The Balaban J connectivity index is 2.64. The second-order valence-electron chi connectivity index (χ2n) is 4.51. The van der Waals surface area contributed by atoms with Crippen molar-refractivity contribution < 1.29 is 9.53 Å². The van der Waals surface area contributed by atoms with Gasteiger partial charge in [0, 0.05) is 25.3 Å². The molecule has 1 aromatic heterocycles. The summed E-state index contributed by atoms with van der Waals surface area (Å²) in [6, 6.07) is 0. The van der Waals surface area contributed by atoms with Crippen LogP contribution in [0.5, 0.6) is 0 Å². The highest BCUT2D eigenvalue weighted by molar-refractivity contribution is 9.13. The average Bonchev–Trinajstić information content (AvgIpc) is 2.76. The molecule has 0 spiro atoms. The first-order valence-corrected chi connectivity index (χ1v) is 9.21. The van der Waals surface area contributed by atoms with Gasteiger partial charge in [-0.25, -0.2) is 4.79 Å². The smallest absolute Gasteiger partial charge is 0.330 e. The zero-order chi connectivity index (χ0) is 16.5. The molecule has 5 heteroatoms. The lowest BCUT2D eigenvalue weighted by molar-refractivity contribution is -0.137. The molecule has 0 aliphatic carbocycles. The Kier molecular flexibility index (Phi) is 8.68. The molecule has 0 saturated heterocycles. The zero-order valence-corrected chi connectivity index (χ0v) is 16.7. The van der Waals surface area contributed by atoms with Crippen LogP contribution in [0.25, 0.3) is 6.08 Å². The van der Waals surface area contributed by atoms with Crippen molar-refractivity contribution in [1.29, 1.82) is 0 Å². The summed E-state index contributed by atoms with van der Waals surface area (Å²) < 4.78 is 7.00. The molecule has 1 heterocycles. The number of thiophene rings is 1. The number of allylic oxidation sites excluding steroid dienone is 6. The van der Waals surface area contributed by atoms with Crippen LogP contribution in [0.15, 0.2) is 55.9 Å². The van der Waals surface area contributed by atoms with E-state index in [4.69, 9.17) is 4.74 Å². The molecule has 0 unspecified atom stereocenters. The second-order valence-corrected chi connectivity index (χ2v) is 7.06. The number of rotatable bonds is 6. The summed E-state index contributed by atoms with van der Waals surface area (Å²) in [6.07, 6.45) is 11.4. The highest BCUT2D eigenvalue weighted by atomic mass is 79.9. The number of hydrogen-bond acceptors (Lipinski definition) is 3. The molecule has 118 valence electrons. The molecule has 1 aromatic rings. The van der Waals surface area contributed by atoms with E-state index in [9.17, 15) is 4.79 Å². The third kappa shape index (κ3) is 6.90. The van der Waals surface area contributed by atoms with Gasteiger partial charge in [-0.15, -0.1) is 11.3 Å². The molecule has 0 bridgehead atoms. The van der Waals surface area contributed by atoms with Crippen LogP contribution >= 0.6 is 43.2 Å². The van der Waals surface area contributed by atoms with Crippen molar-refractivity contribution in [3.05, 3.63) is 60.7 Å². The minimum absolute atomic E-state index is 0.307. The van der Waals surface area contributed by atoms with Crippen LogP contribution in [-0.2, 0) is 9.53 Å². The first-order chi connectivity index (χ1) is 10.4. The molecule has 0 amide bonds. The number of halogens is 2. The van der Waals surface area contributed by atoms with E-state index in [2.05, 4.69) is 44.0 Å². The van der Waals surface area contributed by atoms with Crippen molar-refractivity contribution in [3.8, 4) is 0 Å². The average molecular weight is 446 g/mol. The Labute approximate surface area is 152 Å². The number of ether oxygens (including phenoxy) is 1. The third-order valence-electron chi connectivity index (χ3n) is 2.56. The largest absolute Gasteiger partial charge is 0.463 e. The van der Waals surface area contributed by atoms with Crippen LogP contribution in [0.1, 0.15) is 25.6 Å².